The summed E-state index contributed by atoms with van der Waals surface area (Å²) in [6, 6.07) is 0. The Bertz CT molecular complexity index is 841. The van der Waals surface area contributed by atoms with Crippen LogP contribution < -0.4 is 0 Å². The SMILES string of the molecule is CCCCCCCCC/C=C\CCCCCCCC(=O)OC(COCCCCCCCCCCCCCCCCCC)COP(=O)(O)OCC(O)CO. The van der Waals surface area contributed by atoms with Crippen LogP contribution in [0.3, 0.4) is 0 Å². The first-order chi connectivity index (χ1) is 25.8. The van der Waals surface area contributed by atoms with Gasteiger partial charge < -0.3 is 24.6 Å². The van der Waals surface area contributed by atoms with Crippen LogP contribution >= 0.6 is 7.82 Å². The standard InChI is InChI=1S/C43H85O9P/c1-3-5-7-9-11-13-15-17-19-21-23-25-27-29-31-33-35-43(46)52-42(40-51-53(47,48)50-38-41(45)37-44)39-49-36-34-32-30-28-26-24-22-20-18-16-14-12-10-8-6-4-2/h19,21,41-42,44-45H,3-18,20,22-40H2,1-2H3,(H,47,48)/b21-19-. The fourth-order valence-electron chi connectivity index (χ4n) is 6.29. The van der Waals surface area contributed by atoms with Gasteiger partial charge in [0.1, 0.15) is 12.2 Å². The molecule has 0 spiro atoms. The first kappa shape index (κ1) is 52.2. The molecule has 0 amide bonds. The molecule has 0 saturated heterocycles. The van der Waals surface area contributed by atoms with Crippen molar-refractivity contribution in [2.75, 3.05) is 33.0 Å². The molecule has 0 heterocycles. The predicted molar refractivity (Wildman–Crippen MR) is 219 cm³/mol. The van der Waals surface area contributed by atoms with Crippen LogP contribution in [-0.2, 0) is 27.9 Å². The summed E-state index contributed by atoms with van der Waals surface area (Å²) in [7, 11) is -4.51. The fourth-order valence-corrected chi connectivity index (χ4v) is 7.08. The van der Waals surface area contributed by atoms with Gasteiger partial charge in [-0.15, -0.1) is 0 Å². The molecule has 0 rings (SSSR count). The lowest BCUT2D eigenvalue weighted by Gasteiger charge is -2.20. The highest BCUT2D eigenvalue weighted by Crippen LogP contribution is 2.43. The number of allylic oxidation sites excluding steroid dienone is 2. The lowest BCUT2D eigenvalue weighted by atomic mass is 10.0. The van der Waals surface area contributed by atoms with Crippen LogP contribution in [0, 0.1) is 0 Å². The van der Waals surface area contributed by atoms with Gasteiger partial charge in [0.05, 0.1) is 26.4 Å². The molecule has 0 saturated carbocycles. The smallest absolute Gasteiger partial charge is 0.457 e. The molecule has 3 N–H and O–H groups in total. The van der Waals surface area contributed by atoms with E-state index in [-0.39, 0.29) is 25.6 Å². The maximum Gasteiger partial charge on any atom is 0.472 e. The molecule has 316 valence electrons. The minimum absolute atomic E-state index is 0.0518. The number of rotatable bonds is 43. The van der Waals surface area contributed by atoms with Crippen LogP contribution in [0.15, 0.2) is 12.2 Å². The van der Waals surface area contributed by atoms with Crippen LogP contribution in [0.4, 0.5) is 0 Å². The fraction of sp³-hybridized carbons (Fsp3) is 0.930. The molecule has 53 heavy (non-hydrogen) atoms. The molecular weight excluding hydrogens is 691 g/mol. The van der Waals surface area contributed by atoms with Crippen molar-refractivity contribution in [3.8, 4) is 0 Å². The maximum absolute atomic E-state index is 12.6. The van der Waals surface area contributed by atoms with Crippen LogP contribution in [0.2, 0.25) is 0 Å². The van der Waals surface area contributed by atoms with Crippen molar-refractivity contribution in [3.05, 3.63) is 12.2 Å². The summed E-state index contributed by atoms with van der Waals surface area (Å²) in [5.41, 5.74) is 0. The number of hydrogen-bond donors (Lipinski definition) is 3. The second-order valence-electron chi connectivity index (χ2n) is 15.1. The van der Waals surface area contributed by atoms with Crippen molar-refractivity contribution >= 4 is 13.8 Å². The van der Waals surface area contributed by atoms with E-state index in [0.29, 0.717) is 6.61 Å². The Hall–Kier alpha value is -0.800. The second kappa shape index (κ2) is 40.9. The van der Waals surface area contributed by atoms with Crippen molar-refractivity contribution in [1.29, 1.82) is 0 Å². The normalized spacial score (nSPS) is 14.1. The second-order valence-corrected chi connectivity index (χ2v) is 16.5. The zero-order valence-corrected chi connectivity index (χ0v) is 35.4. The van der Waals surface area contributed by atoms with Gasteiger partial charge in [0, 0.05) is 13.0 Å². The van der Waals surface area contributed by atoms with Crippen molar-refractivity contribution in [2.45, 2.75) is 225 Å². The molecule has 0 aromatic carbocycles. The van der Waals surface area contributed by atoms with Gasteiger partial charge in [-0.2, -0.15) is 0 Å². The summed E-state index contributed by atoms with van der Waals surface area (Å²) >= 11 is 0. The molecule has 0 aromatic rings. The summed E-state index contributed by atoms with van der Waals surface area (Å²) in [6.45, 7) is 3.55. The highest BCUT2D eigenvalue weighted by atomic mass is 31.2. The van der Waals surface area contributed by atoms with E-state index in [1.54, 1.807) is 0 Å². The number of esters is 1. The molecule has 0 fully saturated rings. The number of aliphatic hydroxyl groups is 2. The molecule has 0 bridgehead atoms. The molecule has 3 atom stereocenters. The van der Waals surface area contributed by atoms with Gasteiger partial charge in [0.25, 0.3) is 0 Å². The highest BCUT2D eigenvalue weighted by molar-refractivity contribution is 7.47. The highest BCUT2D eigenvalue weighted by Gasteiger charge is 2.26. The Morgan fingerprint density at radius 2 is 0.962 bits per heavy atom. The average Bonchev–Trinajstić information content (AvgIpc) is 3.15. The van der Waals surface area contributed by atoms with E-state index in [1.165, 1.54) is 141 Å². The molecule has 0 aromatic heterocycles. The molecule has 10 heteroatoms. The predicted octanol–water partition coefficient (Wildman–Crippen LogP) is 12.1. The van der Waals surface area contributed by atoms with E-state index in [1.807, 2.05) is 0 Å². The maximum atomic E-state index is 12.6. The first-order valence-electron chi connectivity index (χ1n) is 22.2. The van der Waals surface area contributed by atoms with Crippen LogP contribution in [0.25, 0.3) is 0 Å². The van der Waals surface area contributed by atoms with Gasteiger partial charge in [-0.3, -0.25) is 13.8 Å². The third-order valence-corrected chi connectivity index (χ3v) is 10.7. The average molecular weight is 777 g/mol. The molecule has 3 unspecified atom stereocenters. The van der Waals surface area contributed by atoms with Crippen molar-refractivity contribution in [1.82, 2.24) is 0 Å². The molecule has 0 radical (unpaired) electrons. The lowest BCUT2D eigenvalue weighted by Crippen LogP contribution is -2.29. The van der Waals surface area contributed by atoms with Gasteiger partial charge in [-0.05, 0) is 38.5 Å². The molecule has 9 nitrogen and oxygen atoms in total. The minimum Gasteiger partial charge on any atom is -0.457 e. The summed E-state index contributed by atoms with van der Waals surface area (Å²) in [5.74, 6) is -0.387. The summed E-state index contributed by atoms with van der Waals surface area (Å²) in [5, 5.41) is 18.3. The minimum atomic E-state index is -4.51. The number of hydrogen-bond acceptors (Lipinski definition) is 8. The quantitative estimate of drug-likeness (QED) is 0.0240. The number of ether oxygens (including phenoxy) is 2. The Kier molecular flexibility index (Phi) is 40.2. The third kappa shape index (κ3) is 40.7. The Morgan fingerprint density at radius 1 is 0.566 bits per heavy atom. The van der Waals surface area contributed by atoms with E-state index < -0.39 is 33.2 Å². The lowest BCUT2D eigenvalue weighted by molar-refractivity contribution is -0.154. The van der Waals surface area contributed by atoms with E-state index in [0.717, 1.165) is 51.4 Å². The van der Waals surface area contributed by atoms with Crippen molar-refractivity contribution in [2.24, 2.45) is 0 Å². The number of phosphoric ester groups is 1. The number of carbonyl (C=O) groups excluding carboxylic acids is 1. The Balaban J connectivity index is 4.14. The number of unbranched alkanes of at least 4 members (excludes halogenated alkanes) is 27. The monoisotopic (exact) mass is 777 g/mol. The van der Waals surface area contributed by atoms with Crippen LogP contribution in [0.1, 0.15) is 213 Å². The summed E-state index contributed by atoms with van der Waals surface area (Å²) in [6.07, 6.45) is 40.2. The first-order valence-corrected chi connectivity index (χ1v) is 23.7. The van der Waals surface area contributed by atoms with Gasteiger partial charge in [-0.25, -0.2) is 4.57 Å². The topological polar surface area (TPSA) is 132 Å². The zero-order chi connectivity index (χ0) is 38.9. The summed E-state index contributed by atoms with van der Waals surface area (Å²) < 4.78 is 33.4. The Morgan fingerprint density at radius 3 is 1.42 bits per heavy atom. The number of carbonyl (C=O) groups is 1. The van der Waals surface area contributed by atoms with Crippen molar-refractivity contribution < 1.29 is 43.0 Å². The zero-order valence-electron chi connectivity index (χ0n) is 34.5. The van der Waals surface area contributed by atoms with Crippen molar-refractivity contribution in [3.63, 3.8) is 0 Å². The van der Waals surface area contributed by atoms with Gasteiger partial charge in [-0.1, -0.05) is 180 Å². The number of phosphoric acid groups is 1. The van der Waals surface area contributed by atoms with E-state index in [9.17, 15) is 19.4 Å². The number of aliphatic hydroxyl groups excluding tert-OH is 2. The Labute approximate surface area is 326 Å². The van der Waals surface area contributed by atoms with E-state index in [2.05, 4.69) is 26.0 Å². The van der Waals surface area contributed by atoms with Gasteiger partial charge in [0.2, 0.25) is 0 Å². The van der Waals surface area contributed by atoms with E-state index >= 15 is 0 Å². The largest absolute Gasteiger partial charge is 0.472 e. The van der Waals surface area contributed by atoms with Crippen LogP contribution in [-0.4, -0.2) is 66.3 Å². The molecular formula is C43H85O9P. The molecule has 0 aliphatic carbocycles. The van der Waals surface area contributed by atoms with Gasteiger partial charge >= 0.3 is 13.8 Å². The molecule has 0 aliphatic rings. The molecule has 0 aliphatic heterocycles. The summed E-state index contributed by atoms with van der Waals surface area (Å²) in [4.78, 5) is 22.6. The third-order valence-electron chi connectivity index (χ3n) is 9.70. The van der Waals surface area contributed by atoms with Gasteiger partial charge in [0.15, 0.2) is 0 Å². The van der Waals surface area contributed by atoms with E-state index in [4.69, 9.17) is 23.6 Å². The van der Waals surface area contributed by atoms with Crippen LogP contribution in [0.5, 0.6) is 0 Å².